The fourth-order valence-electron chi connectivity index (χ4n) is 1.75. The predicted octanol–water partition coefficient (Wildman–Crippen LogP) is 4.68. The molecule has 0 saturated carbocycles. The van der Waals surface area contributed by atoms with Gasteiger partial charge in [-0.25, -0.2) is 0 Å². The van der Waals surface area contributed by atoms with Crippen LogP contribution in [0.1, 0.15) is 36.6 Å². The summed E-state index contributed by atoms with van der Waals surface area (Å²) in [4.78, 5) is 3.37. The van der Waals surface area contributed by atoms with Gasteiger partial charge in [-0.2, -0.15) is 13.2 Å². The van der Waals surface area contributed by atoms with Crippen molar-refractivity contribution in [3.8, 4) is 17.6 Å². The zero-order valence-corrected chi connectivity index (χ0v) is 12.7. The number of halogens is 3. The number of rotatable bonds is 4. The molecular formula is C18H16F3NO. The number of ether oxygens (including phenoxy) is 1. The normalized spacial score (nSPS) is 10.8. The van der Waals surface area contributed by atoms with Crippen LogP contribution in [-0.4, -0.2) is 11.6 Å². The molecule has 0 saturated heterocycles. The van der Waals surface area contributed by atoms with Crippen LogP contribution in [0.4, 0.5) is 13.2 Å². The molecule has 1 aromatic heterocycles. The molecule has 0 unspecified atom stereocenters. The smallest absolute Gasteiger partial charge is 0.433 e. The van der Waals surface area contributed by atoms with Crippen molar-refractivity contribution in [2.45, 2.75) is 25.9 Å². The number of nitrogens with zero attached hydrogens (tertiary/aromatic N) is 1. The third-order valence-corrected chi connectivity index (χ3v) is 3.03. The van der Waals surface area contributed by atoms with Crippen molar-refractivity contribution in [2.75, 3.05) is 6.61 Å². The van der Waals surface area contributed by atoms with Crippen LogP contribution in [0, 0.1) is 11.8 Å². The van der Waals surface area contributed by atoms with E-state index in [1.165, 1.54) is 6.07 Å². The van der Waals surface area contributed by atoms with E-state index in [1.54, 1.807) is 0 Å². The van der Waals surface area contributed by atoms with E-state index in [0.29, 0.717) is 12.2 Å². The number of hydrogen-bond acceptors (Lipinski definition) is 2. The number of aromatic nitrogens is 1. The Hall–Kier alpha value is -2.48. The van der Waals surface area contributed by atoms with Gasteiger partial charge in [0.2, 0.25) is 0 Å². The summed E-state index contributed by atoms with van der Waals surface area (Å²) in [5.41, 5.74) is 0.269. The molecule has 23 heavy (non-hydrogen) atoms. The zero-order valence-electron chi connectivity index (χ0n) is 12.7. The number of hydrogen-bond donors (Lipinski definition) is 0. The van der Waals surface area contributed by atoms with E-state index in [9.17, 15) is 13.2 Å². The average Bonchev–Trinajstić information content (AvgIpc) is 2.54. The molecule has 0 amide bonds. The van der Waals surface area contributed by atoms with Gasteiger partial charge in [-0.05, 0) is 42.8 Å². The summed E-state index contributed by atoms with van der Waals surface area (Å²) in [6.07, 6.45) is -1.23. The summed E-state index contributed by atoms with van der Waals surface area (Å²) in [5, 5.41) is 0. The van der Waals surface area contributed by atoms with Crippen molar-refractivity contribution in [2.24, 2.45) is 0 Å². The first-order valence-electron chi connectivity index (χ1n) is 7.27. The van der Waals surface area contributed by atoms with Gasteiger partial charge in [0.25, 0.3) is 0 Å². The average molecular weight is 319 g/mol. The number of alkyl halides is 3. The Balaban J connectivity index is 2.01. The Morgan fingerprint density at radius 2 is 1.65 bits per heavy atom. The quantitative estimate of drug-likeness (QED) is 0.603. The topological polar surface area (TPSA) is 22.1 Å². The van der Waals surface area contributed by atoms with Crippen LogP contribution in [0.5, 0.6) is 5.75 Å². The molecule has 2 rings (SSSR count). The monoisotopic (exact) mass is 319 g/mol. The van der Waals surface area contributed by atoms with E-state index in [2.05, 4.69) is 23.7 Å². The summed E-state index contributed by atoms with van der Waals surface area (Å²) in [6, 6.07) is 9.51. The summed E-state index contributed by atoms with van der Waals surface area (Å²) in [6.45, 7) is 2.77. The van der Waals surface area contributed by atoms with Gasteiger partial charge in [0.1, 0.15) is 11.4 Å². The van der Waals surface area contributed by atoms with Gasteiger partial charge >= 0.3 is 6.18 Å². The number of unbranched alkanes of at least 4 members (excludes halogenated alkanes) is 1. The van der Waals surface area contributed by atoms with Crippen LogP contribution in [0.3, 0.4) is 0 Å². The molecule has 0 aliphatic rings. The van der Waals surface area contributed by atoms with E-state index in [1.807, 2.05) is 24.3 Å². The van der Waals surface area contributed by atoms with Crippen molar-refractivity contribution in [3.05, 3.63) is 59.4 Å². The minimum absolute atomic E-state index is 0.432. The first kappa shape index (κ1) is 16.9. The summed E-state index contributed by atoms with van der Waals surface area (Å²) < 4.78 is 42.8. The van der Waals surface area contributed by atoms with Crippen LogP contribution in [0.2, 0.25) is 0 Å². The fraction of sp³-hybridized carbons (Fsp3) is 0.278. The van der Waals surface area contributed by atoms with Crippen LogP contribution < -0.4 is 4.74 Å². The molecule has 1 heterocycles. The number of benzene rings is 1. The van der Waals surface area contributed by atoms with Crippen molar-refractivity contribution in [1.82, 2.24) is 4.98 Å². The van der Waals surface area contributed by atoms with E-state index in [-0.39, 0.29) is 0 Å². The molecule has 2 nitrogen and oxygen atoms in total. The molecule has 120 valence electrons. The van der Waals surface area contributed by atoms with Crippen LogP contribution >= 0.6 is 0 Å². The highest BCUT2D eigenvalue weighted by molar-refractivity contribution is 5.43. The minimum Gasteiger partial charge on any atom is -0.494 e. The van der Waals surface area contributed by atoms with Gasteiger partial charge in [-0.15, -0.1) is 0 Å². The second-order valence-corrected chi connectivity index (χ2v) is 4.91. The molecule has 0 atom stereocenters. The standard InChI is InChI=1S/C18H16F3NO/c1-2-3-12-23-16-9-6-14(7-10-16)4-5-15-8-11-17(22-13-15)18(19,20)21/h6-11,13H,2-3,12H2,1H3. The van der Waals surface area contributed by atoms with E-state index in [0.717, 1.165) is 36.4 Å². The van der Waals surface area contributed by atoms with E-state index >= 15 is 0 Å². The third kappa shape index (κ3) is 5.33. The van der Waals surface area contributed by atoms with Gasteiger partial charge in [-0.1, -0.05) is 25.2 Å². The Kier molecular flexibility index (Phi) is 5.64. The maximum atomic E-state index is 12.4. The van der Waals surface area contributed by atoms with Crippen molar-refractivity contribution in [1.29, 1.82) is 0 Å². The highest BCUT2D eigenvalue weighted by atomic mass is 19.4. The molecule has 0 bridgehead atoms. The molecule has 0 radical (unpaired) electrons. The molecule has 1 aromatic carbocycles. The Morgan fingerprint density at radius 1 is 1.00 bits per heavy atom. The lowest BCUT2D eigenvalue weighted by atomic mass is 10.2. The first-order chi connectivity index (χ1) is 11.0. The Labute approximate surface area is 133 Å². The molecule has 0 N–H and O–H groups in total. The van der Waals surface area contributed by atoms with Gasteiger partial charge in [0.05, 0.1) is 6.61 Å². The van der Waals surface area contributed by atoms with Crippen molar-refractivity contribution >= 4 is 0 Å². The first-order valence-corrected chi connectivity index (χ1v) is 7.27. The van der Waals surface area contributed by atoms with Crippen LogP contribution in [-0.2, 0) is 6.18 Å². The Bertz CT molecular complexity index is 679. The zero-order chi connectivity index (χ0) is 16.7. The fourth-order valence-corrected chi connectivity index (χ4v) is 1.75. The second-order valence-electron chi connectivity index (χ2n) is 4.91. The maximum Gasteiger partial charge on any atom is 0.433 e. The van der Waals surface area contributed by atoms with Gasteiger partial charge in [0, 0.05) is 17.3 Å². The molecule has 0 spiro atoms. The molecule has 0 fully saturated rings. The van der Waals surface area contributed by atoms with E-state index in [4.69, 9.17) is 4.74 Å². The molecule has 0 aliphatic carbocycles. The summed E-state index contributed by atoms with van der Waals surface area (Å²) in [7, 11) is 0. The second kappa shape index (κ2) is 7.68. The van der Waals surface area contributed by atoms with Crippen molar-refractivity contribution in [3.63, 3.8) is 0 Å². The van der Waals surface area contributed by atoms with Gasteiger partial charge in [0.15, 0.2) is 0 Å². The molecule has 2 aromatic rings. The summed E-state index contributed by atoms with van der Waals surface area (Å²) in [5.74, 6) is 6.46. The van der Waals surface area contributed by atoms with Gasteiger partial charge in [-0.3, -0.25) is 4.98 Å². The lowest BCUT2D eigenvalue weighted by Crippen LogP contribution is -2.07. The highest BCUT2D eigenvalue weighted by Crippen LogP contribution is 2.27. The maximum absolute atomic E-state index is 12.4. The highest BCUT2D eigenvalue weighted by Gasteiger charge is 2.31. The largest absolute Gasteiger partial charge is 0.494 e. The minimum atomic E-state index is -4.43. The summed E-state index contributed by atoms with van der Waals surface area (Å²) >= 11 is 0. The third-order valence-electron chi connectivity index (χ3n) is 3.03. The predicted molar refractivity (Wildman–Crippen MR) is 82.1 cm³/mol. The van der Waals surface area contributed by atoms with Crippen molar-refractivity contribution < 1.29 is 17.9 Å². The van der Waals surface area contributed by atoms with Gasteiger partial charge < -0.3 is 4.74 Å². The lowest BCUT2D eigenvalue weighted by Gasteiger charge is -2.04. The molecular weight excluding hydrogens is 303 g/mol. The lowest BCUT2D eigenvalue weighted by molar-refractivity contribution is -0.141. The molecule has 5 heteroatoms. The molecule has 0 aliphatic heterocycles. The number of pyridine rings is 1. The Morgan fingerprint density at radius 3 is 2.22 bits per heavy atom. The SMILES string of the molecule is CCCCOc1ccc(C#Cc2ccc(C(F)(F)F)nc2)cc1. The van der Waals surface area contributed by atoms with Crippen LogP contribution in [0.25, 0.3) is 0 Å². The van der Waals surface area contributed by atoms with Crippen LogP contribution in [0.15, 0.2) is 42.6 Å². The van der Waals surface area contributed by atoms with E-state index < -0.39 is 11.9 Å².